The van der Waals surface area contributed by atoms with Crippen molar-refractivity contribution in [3.63, 3.8) is 0 Å². The maximum absolute atomic E-state index is 13.6. The van der Waals surface area contributed by atoms with E-state index < -0.39 is 11.6 Å². The molecule has 0 fully saturated rings. The van der Waals surface area contributed by atoms with Gasteiger partial charge in [-0.15, -0.1) is 0 Å². The summed E-state index contributed by atoms with van der Waals surface area (Å²) < 4.78 is 31.7. The van der Waals surface area contributed by atoms with E-state index in [9.17, 15) is 8.78 Å². The molecule has 0 aliphatic carbocycles. The Hall–Kier alpha value is -1.91. The summed E-state index contributed by atoms with van der Waals surface area (Å²) in [5, 5.41) is 0. The van der Waals surface area contributed by atoms with Crippen molar-refractivity contribution in [3.05, 3.63) is 35.7 Å². The third-order valence-electron chi connectivity index (χ3n) is 2.22. The number of methoxy groups -OCH3 is 1. The van der Waals surface area contributed by atoms with E-state index >= 15 is 0 Å². The zero-order valence-corrected chi connectivity index (χ0v) is 8.84. The second kappa shape index (κ2) is 3.92. The molecule has 1 aromatic carbocycles. The standard InChI is InChI=1S/C11H10F2N2O/c1-6-5-14-11(15-6)7-3-4-8(16-2)10(13)9(7)12/h3-5H,1-2H3,(H,14,15). The van der Waals surface area contributed by atoms with Crippen molar-refractivity contribution < 1.29 is 13.5 Å². The third-order valence-corrected chi connectivity index (χ3v) is 2.22. The second-order valence-corrected chi connectivity index (χ2v) is 3.36. The van der Waals surface area contributed by atoms with E-state index in [-0.39, 0.29) is 11.3 Å². The molecule has 1 aromatic heterocycles. The van der Waals surface area contributed by atoms with E-state index in [0.717, 1.165) is 5.69 Å². The number of nitrogens with zero attached hydrogens (tertiary/aromatic N) is 1. The van der Waals surface area contributed by atoms with Crippen LogP contribution in [0.1, 0.15) is 5.69 Å². The van der Waals surface area contributed by atoms with E-state index in [4.69, 9.17) is 0 Å². The molecule has 0 amide bonds. The largest absolute Gasteiger partial charge is 0.494 e. The minimum absolute atomic E-state index is 0.0893. The lowest BCUT2D eigenvalue weighted by molar-refractivity contribution is 0.372. The minimum Gasteiger partial charge on any atom is -0.494 e. The van der Waals surface area contributed by atoms with Gasteiger partial charge in [0.1, 0.15) is 5.82 Å². The summed E-state index contributed by atoms with van der Waals surface area (Å²) in [5.41, 5.74) is 0.872. The summed E-state index contributed by atoms with van der Waals surface area (Å²) in [7, 11) is 1.29. The third kappa shape index (κ3) is 1.64. The van der Waals surface area contributed by atoms with E-state index in [2.05, 4.69) is 14.7 Å². The van der Waals surface area contributed by atoms with Crippen molar-refractivity contribution in [2.45, 2.75) is 6.92 Å². The van der Waals surface area contributed by atoms with Gasteiger partial charge in [0.15, 0.2) is 11.6 Å². The predicted octanol–water partition coefficient (Wildman–Crippen LogP) is 2.67. The Balaban J connectivity index is 2.55. The Morgan fingerprint density at radius 3 is 2.56 bits per heavy atom. The molecule has 1 heterocycles. The zero-order valence-electron chi connectivity index (χ0n) is 8.84. The maximum atomic E-state index is 13.6. The number of aryl methyl sites for hydroxylation is 1. The molecule has 1 N–H and O–H groups in total. The zero-order chi connectivity index (χ0) is 11.7. The number of imidazole rings is 1. The molecule has 0 saturated heterocycles. The van der Waals surface area contributed by atoms with Crippen LogP contribution in [0.25, 0.3) is 11.4 Å². The first-order valence-electron chi connectivity index (χ1n) is 4.67. The normalized spacial score (nSPS) is 10.5. The number of rotatable bonds is 2. The number of hydrogen-bond donors (Lipinski definition) is 1. The highest BCUT2D eigenvalue weighted by atomic mass is 19.2. The van der Waals surface area contributed by atoms with E-state index in [1.807, 2.05) is 0 Å². The van der Waals surface area contributed by atoms with E-state index in [1.54, 1.807) is 13.1 Å². The lowest BCUT2D eigenvalue weighted by Gasteiger charge is -2.05. The lowest BCUT2D eigenvalue weighted by Crippen LogP contribution is -1.95. The highest BCUT2D eigenvalue weighted by Gasteiger charge is 2.16. The second-order valence-electron chi connectivity index (χ2n) is 3.36. The quantitative estimate of drug-likeness (QED) is 0.851. The van der Waals surface area contributed by atoms with Gasteiger partial charge >= 0.3 is 0 Å². The van der Waals surface area contributed by atoms with Crippen LogP contribution in [0.15, 0.2) is 18.3 Å². The van der Waals surface area contributed by atoms with Crippen LogP contribution in [0, 0.1) is 18.6 Å². The van der Waals surface area contributed by atoms with Crippen molar-refractivity contribution in [1.29, 1.82) is 0 Å². The number of H-pyrrole nitrogens is 1. The molecule has 0 spiro atoms. The van der Waals surface area contributed by atoms with Gasteiger partial charge in [-0.25, -0.2) is 9.37 Å². The van der Waals surface area contributed by atoms with Crippen molar-refractivity contribution in [2.75, 3.05) is 7.11 Å². The fourth-order valence-electron chi connectivity index (χ4n) is 1.42. The maximum Gasteiger partial charge on any atom is 0.201 e. The summed E-state index contributed by atoms with van der Waals surface area (Å²) in [5.74, 6) is -1.79. The minimum atomic E-state index is -1.01. The van der Waals surface area contributed by atoms with Crippen molar-refractivity contribution >= 4 is 0 Å². The molecule has 16 heavy (non-hydrogen) atoms. The Bertz CT molecular complexity index is 523. The average molecular weight is 224 g/mol. The Labute approximate surface area is 91.1 Å². The van der Waals surface area contributed by atoms with Gasteiger partial charge in [-0.05, 0) is 19.1 Å². The predicted molar refractivity (Wildman–Crippen MR) is 55.2 cm³/mol. The molecule has 3 nitrogen and oxygen atoms in total. The molecule has 84 valence electrons. The molecule has 0 unspecified atom stereocenters. The number of aromatic amines is 1. The summed E-state index contributed by atoms with van der Waals surface area (Å²) in [4.78, 5) is 6.78. The molecule has 0 saturated carbocycles. The van der Waals surface area contributed by atoms with E-state index in [1.165, 1.54) is 19.2 Å². The van der Waals surface area contributed by atoms with E-state index in [0.29, 0.717) is 5.82 Å². The molecule has 0 bridgehead atoms. The van der Waals surface area contributed by atoms with Crippen molar-refractivity contribution in [3.8, 4) is 17.1 Å². The topological polar surface area (TPSA) is 37.9 Å². The van der Waals surface area contributed by atoms with Gasteiger partial charge in [-0.2, -0.15) is 4.39 Å². The first-order chi connectivity index (χ1) is 7.63. The summed E-state index contributed by atoms with van der Waals surface area (Å²) in [6, 6.07) is 2.79. The van der Waals surface area contributed by atoms with Crippen LogP contribution in [0.4, 0.5) is 8.78 Å². The van der Waals surface area contributed by atoms with Gasteiger partial charge in [-0.3, -0.25) is 0 Å². The molecule has 0 radical (unpaired) electrons. The number of aromatic nitrogens is 2. The smallest absolute Gasteiger partial charge is 0.201 e. The van der Waals surface area contributed by atoms with Crippen LogP contribution in [-0.4, -0.2) is 17.1 Å². The van der Waals surface area contributed by atoms with Gasteiger partial charge in [-0.1, -0.05) is 0 Å². The molecular weight excluding hydrogens is 214 g/mol. The average Bonchev–Trinajstić information content (AvgIpc) is 2.69. The molecule has 0 aliphatic heterocycles. The SMILES string of the molecule is COc1ccc(-c2ncc(C)[nH]2)c(F)c1F. The summed E-state index contributed by atoms with van der Waals surface area (Å²) >= 11 is 0. The highest BCUT2D eigenvalue weighted by molar-refractivity contribution is 5.58. The van der Waals surface area contributed by atoms with Gasteiger partial charge in [0.2, 0.25) is 5.82 Å². The number of halogens is 2. The van der Waals surface area contributed by atoms with Crippen LogP contribution in [0.3, 0.4) is 0 Å². The van der Waals surface area contributed by atoms with Crippen molar-refractivity contribution in [2.24, 2.45) is 0 Å². The summed E-state index contributed by atoms with van der Waals surface area (Å²) in [6.45, 7) is 1.79. The molecule has 0 aliphatic rings. The lowest BCUT2D eigenvalue weighted by atomic mass is 10.2. The van der Waals surface area contributed by atoms with Gasteiger partial charge < -0.3 is 9.72 Å². The fourth-order valence-corrected chi connectivity index (χ4v) is 1.42. The molecule has 5 heteroatoms. The first-order valence-corrected chi connectivity index (χ1v) is 4.67. The number of ether oxygens (including phenoxy) is 1. The fraction of sp³-hybridized carbons (Fsp3) is 0.182. The highest BCUT2D eigenvalue weighted by Crippen LogP contribution is 2.27. The number of nitrogens with one attached hydrogen (secondary N) is 1. The first kappa shape index (κ1) is 10.6. The molecule has 2 rings (SSSR count). The number of benzene rings is 1. The Morgan fingerprint density at radius 1 is 1.25 bits per heavy atom. The summed E-state index contributed by atoms with van der Waals surface area (Å²) in [6.07, 6.45) is 1.55. The Kier molecular flexibility index (Phi) is 2.60. The van der Waals surface area contributed by atoms with Crippen molar-refractivity contribution in [1.82, 2.24) is 9.97 Å². The van der Waals surface area contributed by atoms with Gasteiger partial charge in [0, 0.05) is 11.9 Å². The van der Waals surface area contributed by atoms with Gasteiger partial charge in [0.25, 0.3) is 0 Å². The molecule has 2 aromatic rings. The van der Waals surface area contributed by atoms with Crippen LogP contribution in [0.5, 0.6) is 5.75 Å². The number of hydrogen-bond acceptors (Lipinski definition) is 2. The monoisotopic (exact) mass is 224 g/mol. The van der Waals surface area contributed by atoms with Gasteiger partial charge in [0.05, 0.1) is 12.7 Å². The van der Waals surface area contributed by atoms with Crippen LogP contribution >= 0.6 is 0 Å². The molecule has 0 atom stereocenters. The molecular formula is C11H10F2N2O. The van der Waals surface area contributed by atoms with Crippen LogP contribution in [-0.2, 0) is 0 Å². The van der Waals surface area contributed by atoms with Crippen LogP contribution in [0.2, 0.25) is 0 Å². The van der Waals surface area contributed by atoms with Crippen LogP contribution < -0.4 is 4.74 Å². The Morgan fingerprint density at radius 2 is 2.00 bits per heavy atom.